The highest BCUT2D eigenvalue weighted by Gasteiger charge is 2.28. The van der Waals surface area contributed by atoms with Crippen LogP contribution in [0.4, 0.5) is 0 Å². The molecule has 1 heterocycles. The molecule has 22 heavy (non-hydrogen) atoms. The third-order valence-corrected chi connectivity index (χ3v) is 3.83. The molecule has 0 aliphatic carbocycles. The van der Waals surface area contributed by atoms with E-state index in [9.17, 15) is 9.59 Å². The molecule has 2 aromatic carbocycles. The number of hydrogen-bond donors (Lipinski definition) is 2. The Bertz CT molecular complexity index is 665. The SMILES string of the molecule is O=C(CCc1ccc(-c2ccccc2)cc1)N[C@H]1CNC1=O. The number of aryl methyl sites for hydroxylation is 1. The summed E-state index contributed by atoms with van der Waals surface area (Å²) in [5.41, 5.74) is 3.47. The van der Waals surface area contributed by atoms with Gasteiger partial charge < -0.3 is 10.6 Å². The first-order valence-electron chi connectivity index (χ1n) is 7.44. The normalized spacial score (nSPS) is 16.5. The Morgan fingerprint density at radius 1 is 1.05 bits per heavy atom. The van der Waals surface area contributed by atoms with Crippen molar-refractivity contribution < 1.29 is 9.59 Å². The monoisotopic (exact) mass is 294 g/mol. The van der Waals surface area contributed by atoms with Gasteiger partial charge in [-0.05, 0) is 23.1 Å². The second kappa shape index (κ2) is 6.43. The van der Waals surface area contributed by atoms with E-state index in [4.69, 9.17) is 0 Å². The number of carbonyl (C=O) groups is 2. The Morgan fingerprint density at radius 3 is 2.32 bits per heavy atom. The molecule has 2 aromatic rings. The van der Waals surface area contributed by atoms with Crippen LogP contribution in [0.2, 0.25) is 0 Å². The van der Waals surface area contributed by atoms with E-state index in [2.05, 4.69) is 34.9 Å². The fourth-order valence-corrected chi connectivity index (χ4v) is 2.42. The number of carbonyl (C=O) groups excluding carboxylic acids is 2. The molecule has 1 aliphatic rings. The smallest absolute Gasteiger partial charge is 0.244 e. The molecule has 1 aliphatic heterocycles. The predicted octanol–water partition coefficient (Wildman–Crippen LogP) is 1.90. The van der Waals surface area contributed by atoms with Crippen molar-refractivity contribution in [3.63, 3.8) is 0 Å². The fraction of sp³-hybridized carbons (Fsp3) is 0.222. The Morgan fingerprint density at radius 2 is 1.73 bits per heavy atom. The van der Waals surface area contributed by atoms with Gasteiger partial charge in [0.1, 0.15) is 6.04 Å². The highest BCUT2D eigenvalue weighted by atomic mass is 16.2. The van der Waals surface area contributed by atoms with Crippen LogP contribution >= 0.6 is 0 Å². The minimum absolute atomic E-state index is 0.0769. The van der Waals surface area contributed by atoms with Gasteiger partial charge in [0.2, 0.25) is 11.8 Å². The maximum Gasteiger partial charge on any atom is 0.244 e. The first-order chi connectivity index (χ1) is 10.7. The average Bonchev–Trinajstić information content (AvgIpc) is 2.58. The molecule has 0 bridgehead atoms. The molecule has 0 aromatic heterocycles. The van der Waals surface area contributed by atoms with E-state index in [-0.39, 0.29) is 17.9 Å². The minimum atomic E-state index is -0.340. The zero-order chi connectivity index (χ0) is 15.4. The lowest BCUT2D eigenvalue weighted by molar-refractivity contribution is -0.133. The molecule has 0 radical (unpaired) electrons. The van der Waals surface area contributed by atoms with Crippen molar-refractivity contribution in [2.45, 2.75) is 18.9 Å². The van der Waals surface area contributed by atoms with Gasteiger partial charge in [0.15, 0.2) is 0 Å². The van der Waals surface area contributed by atoms with Crippen LogP contribution in [0.3, 0.4) is 0 Å². The van der Waals surface area contributed by atoms with Crippen LogP contribution in [-0.4, -0.2) is 24.4 Å². The number of amides is 2. The van der Waals surface area contributed by atoms with Gasteiger partial charge in [-0.25, -0.2) is 0 Å². The molecule has 1 fully saturated rings. The Labute approximate surface area is 129 Å². The summed E-state index contributed by atoms with van der Waals surface area (Å²) in [4.78, 5) is 22.8. The summed E-state index contributed by atoms with van der Waals surface area (Å²) < 4.78 is 0. The van der Waals surface area contributed by atoms with Crippen molar-refractivity contribution in [2.75, 3.05) is 6.54 Å². The maximum atomic E-state index is 11.8. The van der Waals surface area contributed by atoms with Crippen molar-refractivity contribution >= 4 is 11.8 Å². The number of hydrogen-bond acceptors (Lipinski definition) is 2. The lowest BCUT2D eigenvalue weighted by Gasteiger charge is -2.26. The molecule has 112 valence electrons. The summed E-state index contributed by atoms with van der Waals surface area (Å²) in [5, 5.41) is 5.33. The van der Waals surface area contributed by atoms with Gasteiger partial charge in [-0.15, -0.1) is 0 Å². The Hall–Kier alpha value is -2.62. The molecule has 2 amide bonds. The standard InChI is InChI=1S/C18H18N2O2/c21-17(20-16-12-19-18(16)22)11-8-13-6-9-15(10-7-13)14-4-2-1-3-5-14/h1-7,9-10,16H,8,11-12H2,(H,19,22)(H,20,21)/t16-/m0/s1. The molecule has 3 rings (SSSR count). The van der Waals surface area contributed by atoms with Crippen LogP contribution in [0.1, 0.15) is 12.0 Å². The van der Waals surface area contributed by atoms with E-state index in [1.165, 1.54) is 11.1 Å². The summed E-state index contributed by atoms with van der Waals surface area (Å²) in [6, 6.07) is 18.1. The van der Waals surface area contributed by atoms with Crippen molar-refractivity contribution in [3.8, 4) is 11.1 Å². The summed E-state index contributed by atoms with van der Waals surface area (Å²) in [6.07, 6.45) is 1.07. The van der Waals surface area contributed by atoms with Crippen LogP contribution in [0, 0.1) is 0 Å². The predicted molar refractivity (Wildman–Crippen MR) is 85.1 cm³/mol. The summed E-state index contributed by atoms with van der Waals surface area (Å²) in [5.74, 6) is -0.174. The maximum absolute atomic E-state index is 11.8. The molecule has 0 unspecified atom stereocenters. The highest BCUT2D eigenvalue weighted by Crippen LogP contribution is 2.19. The third-order valence-electron chi connectivity index (χ3n) is 3.83. The molecular formula is C18H18N2O2. The first-order valence-corrected chi connectivity index (χ1v) is 7.44. The Kier molecular flexibility index (Phi) is 4.19. The van der Waals surface area contributed by atoms with E-state index in [1.54, 1.807) is 0 Å². The van der Waals surface area contributed by atoms with E-state index in [0.717, 1.165) is 5.56 Å². The minimum Gasteiger partial charge on any atom is -0.352 e. The molecule has 4 heteroatoms. The zero-order valence-electron chi connectivity index (χ0n) is 12.2. The van der Waals surface area contributed by atoms with Crippen LogP contribution < -0.4 is 10.6 Å². The van der Waals surface area contributed by atoms with Gasteiger partial charge >= 0.3 is 0 Å². The van der Waals surface area contributed by atoms with E-state index in [0.29, 0.717) is 19.4 Å². The van der Waals surface area contributed by atoms with Gasteiger partial charge in [-0.1, -0.05) is 54.6 Å². The van der Waals surface area contributed by atoms with E-state index < -0.39 is 0 Å². The highest BCUT2D eigenvalue weighted by molar-refractivity contribution is 5.92. The van der Waals surface area contributed by atoms with Crippen LogP contribution in [0.25, 0.3) is 11.1 Å². The van der Waals surface area contributed by atoms with Crippen LogP contribution in [-0.2, 0) is 16.0 Å². The van der Waals surface area contributed by atoms with Gasteiger partial charge in [0.25, 0.3) is 0 Å². The van der Waals surface area contributed by atoms with Gasteiger partial charge in [-0.3, -0.25) is 9.59 Å². The van der Waals surface area contributed by atoms with Crippen LogP contribution in [0.5, 0.6) is 0 Å². The molecule has 2 N–H and O–H groups in total. The van der Waals surface area contributed by atoms with Crippen molar-refractivity contribution in [3.05, 3.63) is 60.2 Å². The van der Waals surface area contributed by atoms with Gasteiger partial charge in [0.05, 0.1) is 0 Å². The zero-order valence-corrected chi connectivity index (χ0v) is 12.2. The van der Waals surface area contributed by atoms with Crippen molar-refractivity contribution in [2.24, 2.45) is 0 Å². The van der Waals surface area contributed by atoms with Crippen molar-refractivity contribution in [1.82, 2.24) is 10.6 Å². The Balaban J connectivity index is 1.53. The molecule has 1 saturated heterocycles. The lowest BCUT2D eigenvalue weighted by Crippen LogP contribution is -2.61. The second-order valence-corrected chi connectivity index (χ2v) is 5.43. The van der Waals surface area contributed by atoms with E-state index in [1.807, 2.05) is 30.3 Å². The van der Waals surface area contributed by atoms with Gasteiger partial charge in [0, 0.05) is 13.0 Å². The number of β-lactam (4-membered cyclic amide) rings is 1. The van der Waals surface area contributed by atoms with Crippen LogP contribution in [0.15, 0.2) is 54.6 Å². The van der Waals surface area contributed by atoms with Crippen molar-refractivity contribution in [1.29, 1.82) is 0 Å². The fourth-order valence-electron chi connectivity index (χ4n) is 2.42. The van der Waals surface area contributed by atoms with Gasteiger partial charge in [-0.2, -0.15) is 0 Å². The largest absolute Gasteiger partial charge is 0.352 e. The first kappa shape index (κ1) is 14.3. The second-order valence-electron chi connectivity index (χ2n) is 5.43. The number of benzene rings is 2. The topological polar surface area (TPSA) is 58.2 Å². The quantitative estimate of drug-likeness (QED) is 0.828. The molecular weight excluding hydrogens is 276 g/mol. The molecule has 0 saturated carbocycles. The molecule has 0 spiro atoms. The molecule has 1 atom stereocenters. The number of rotatable bonds is 5. The average molecular weight is 294 g/mol. The number of nitrogens with one attached hydrogen (secondary N) is 2. The molecule has 4 nitrogen and oxygen atoms in total. The summed E-state index contributed by atoms with van der Waals surface area (Å²) in [6.45, 7) is 0.538. The summed E-state index contributed by atoms with van der Waals surface area (Å²) >= 11 is 0. The lowest BCUT2D eigenvalue weighted by atomic mass is 10.0. The van der Waals surface area contributed by atoms with E-state index >= 15 is 0 Å². The summed E-state index contributed by atoms with van der Waals surface area (Å²) in [7, 11) is 0. The third kappa shape index (κ3) is 3.34.